The van der Waals surface area contributed by atoms with E-state index in [4.69, 9.17) is 18.9 Å². The molecule has 3 aromatic rings. The molecular formula is C22H23O4PSe. The molecule has 0 heterocycles. The third-order valence-corrected chi connectivity index (χ3v) is 11.5. The molecule has 3 aromatic carbocycles. The predicted octanol–water partition coefficient (Wildman–Crippen LogP) is 3.10. The van der Waals surface area contributed by atoms with E-state index in [2.05, 4.69) is 39.4 Å². The van der Waals surface area contributed by atoms with Crippen LogP contribution in [0, 0.1) is 0 Å². The van der Waals surface area contributed by atoms with Gasteiger partial charge in [-0.2, -0.15) is 0 Å². The molecule has 0 N–H and O–H groups in total. The number of hydrogen-bond acceptors (Lipinski definition) is 4. The molecule has 0 fully saturated rings. The number of ether oxygens (including phenoxy) is 4. The Hall–Kier alpha value is -2.19. The number of methoxy groups -OCH3 is 4. The molecule has 0 saturated carbocycles. The standard InChI is InChI=1S/C22H23O4PSe/c1-23-16-10-12-21(19(14-16)25-3)27(28,18-8-6-5-7-9-18)22-13-11-17(24-2)15-20(22)26-4/h5-15H,1-4H3. The zero-order chi connectivity index (χ0) is 20.1. The number of rotatable bonds is 7. The van der Waals surface area contributed by atoms with Gasteiger partial charge in [0, 0.05) is 0 Å². The Bertz CT molecular complexity index is 945. The second-order valence-electron chi connectivity index (χ2n) is 6.02. The van der Waals surface area contributed by atoms with E-state index in [-0.39, 0.29) is 0 Å². The van der Waals surface area contributed by atoms with Crippen molar-refractivity contribution in [2.24, 2.45) is 0 Å². The Kier molecular flexibility index (Phi) is 6.51. The van der Waals surface area contributed by atoms with E-state index in [1.807, 2.05) is 42.5 Å². The van der Waals surface area contributed by atoms with E-state index >= 15 is 0 Å². The number of benzene rings is 3. The molecule has 0 aliphatic carbocycles. The molecule has 0 spiro atoms. The molecule has 28 heavy (non-hydrogen) atoms. The minimum absolute atomic E-state index is 0.752. The molecule has 0 aliphatic rings. The van der Waals surface area contributed by atoms with Crippen molar-refractivity contribution in [3.05, 3.63) is 66.7 Å². The summed E-state index contributed by atoms with van der Waals surface area (Å²) in [6.45, 7) is 0. The molecule has 6 heteroatoms. The molecule has 4 nitrogen and oxygen atoms in total. The molecule has 0 unspecified atom stereocenters. The van der Waals surface area contributed by atoms with Crippen molar-refractivity contribution >= 4 is 36.5 Å². The maximum atomic E-state index is 5.76. The van der Waals surface area contributed by atoms with Gasteiger partial charge in [0.15, 0.2) is 0 Å². The molecule has 0 bridgehead atoms. The second kappa shape index (κ2) is 8.87. The van der Waals surface area contributed by atoms with Gasteiger partial charge < -0.3 is 0 Å². The summed E-state index contributed by atoms with van der Waals surface area (Å²) >= 11 is 3.53. The third kappa shape index (κ3) is 3.71. The van der Waals surface area contributed by atoms with Crippen LogP contribution in [0.4, 0.5) is 0 Å². The van der Waals surface area contributed by atoms with Crippen molar-refractivity contribution in [2.45, 2.75) is 0 Å². The summed E-state index contributed by atoms with van der Waals surface area (Å²) in [5.41, 5.74) is -2.18. The fourth-order valence-corrected chi connectivity index (χ4v) is 8.71. The van der Waals surface area contributed by atoms with Crippen LogP contribution in [0.2, 0.25) is 0 Å². The molecule has 0 radical (unpaired) electrons. The van der Waals surface area contributed by atoms with Gasteiger partial charge in [0.2, 0.25) is 0 Å². The summed E-state index contributed by atoms with van der Waals surface area (Å²) in [5, 5.41) is 3.33. The van der Waals surface area contributed by atoms with Crippen LogP contribution in [0.3, 0.4) is 0 Å². The molecule has 0 saturated heterocycles. The van der Waals surface area contributed by atoms with E-state index in [0.29, 0.717) is 0 Å². The summed E-state index contributed by atoms with van der Waals surface area (Å²) in [4.78, 5) is 0. The van der Waals surface area contributed by atoms with Gasteiger partial charge in [0.25, 0.3) is 0 Å². The Morgan fingerprint density at radius 1 is 0.607 bits per heavy atom. The monoisotopic (exact) mass is 462 g/mol. The zero-order valence-corrected chi connectivity index (χ0v) is 18.9. The van der Waals surface area contributed by atoms with E-state index in [1.165, 1.54) is 5.30 Å². The SMILES string of the molecule is COc1ccc(P(=[Se])(c2ccccc2)c2ccc(OC)cc2OC)c(OC)c1. The fourth-order valence-electron chi connectivity index (χ4n) is 3.14. The van der Waals surface area contributed by atoms with Gasteiger partial charge >= 0.3 is 174 Å². The Balaban J connectivity index is 2.35. The zero-order valence-electron chi connectivity index (χ0n) is 16.3. The van der Waals surface area contributed by atoms with Crippen LogP contribution >= 0.6 is 5.51 Å². The number of hydrogen-bond donors (Lipinski definition) is 0. The van der Waals surface area contributed by atoms with Gasteiger partial charge in [0.1, 0.15) is 0 Å². The average molecular weight is 461 g/mol. The Labute approximate surface area is 173 Å². The molecule has 0 aromatic heterocycles. The van der Waals surface area contributed by atoms with Crippen LogP contribution < -0.4 is 34.9 Å². The van der Waals surface area contributed by atoms with Crippen LogP contribution in [0.1, 0.15) is 0 Å². The molecular weight excluding hydrogens is 438 g/mol. The summed E-state index contributed by atoms with van der Waals surface area (Å²) in [7, 11) is 6.66. The molecule has 0 amide bonds. The van der Waals surface area contributed by atoms with Crippen molar-refractivity contribution in [3.8, 4) is 23.0 Å². The van der Waals surface area contributed by atoms with Gasteiger partial charge in [-0.05, 0) is 0 Å². The molecule has 146 valence electrons. The minimum atomic E-state index is -2.18. The van der Waals surface area contributed by atoms with Crippen molar-refractivity contribution < 1.29 is 18.9 Å². The van der Waals surface area contributed by atoms with Crippen LogP contribution in [0.15, 0.2) is 66.7 Å². The van der Waals surface area contributed by atoms with Gasteiger partial charge in [-0.15, -0.1) is 0 Å². The van der Waals surface area contributed by atoms with Crippen LogP contribution in [-0.4, -0.2) is 43.5 Å². The normalized spacial score (nSPS) is 11.0. The van der Waals surface area contributed by atoms with Crippen molar-refractivity contribution in [1.29, 1.82) is 0 Å². The maximum absolute atomic E-state index is 5.76. The first-order valence-electron chi connectivity index (χ1n) is 8.69. The predicted molar refractivity (Wildman–Crippen MR) is 117 cm³/mol. The van der Waals surface area contributed by atoms with Crippen molar-refractivity contribution in [2.75, 3.05) is 28.4 Å². The molecule has 0 atom stereocenters. The van der Waals surface area contributed by atoms with Gasteiger partial charge in [-0.25, -0.2) is 0 Å². The van der Waals surface area contributed by atoms with Crippen LogP contribution in [0.25, 0.3) is 0 Å². The summed E-state index contributed by atoms with van der Waals surface area (Å²) in [6, 6.07) is 22.3. The Morgan fingerprint density at radius 3 is 1.46 bits per heavy atom. The first kappa shape index (κ1) is 20.5. The van der Waals surface area contributed by atoms with E-state index in [1.54, 1.807) is 28.4 Å². The topological polar surface area (TPSA) is 36.9 Å². The molecule has 0 aliphatic heterocycles. The van der Waals surface area contributed by atoms with E-state index in [9.17, 15) is 0 Å². The summed E-state index contributed by atoms with van der Waals surface area (Å²) in [5.74, 6) is 3.05. The van der Waals surface area contributed by atoms with Gasteiger partial charge in [-0.1, -0.05) is 0 Å². The van der Waals surface area contributed by atoms with E-state index < -0.39 is 5.51 Å². The van der Waals surface area contributed by atoms with Gasteiger partial charge in [-0.3, -0.25) is 0 Å². The fraction of sp³-hybridized carbons (Fsp3) is 0.182. The van der Waals surface area contributed by atoms with Crippen LogP contribution in [-0.2, 0) is 0 Å². The first-order chi connectivity index (χ1) is 13.6. The quantitative estimate of drug-likeness (QED) is 0.401. The van der Waals surface area contributed by atoms with Crippen LogP contribution in [0.5, 0.6) is 23.0 Å². The summed E-state index contributed by atoms with van der Waals surface area (Å²) in [6.07, 6.45) is 0. The first-order valence-corrected chi connectivity index (χ1v) is 12.7. The Morgan fingerprint density at radius 2 is 1.07 bits per heavy atom. The average Bonchev–Trinajstić information content (AvgIpc) is 2.78. The van der Waals surface area contributed by atoms with Gasteiger partial charge in [0.05, 0.1) is 0 Å². The van der Waals surface area contributed by atoms with Crippen molar-refractivity contribution in [1.82, 2.24) is 0 Å². The molecule has 3 rings (SSSR count). The van der Waals surface area contributed by atoms with Crippen molar-refractivity contribution in [3.63, 3.8) is 0 Å². The summed E-state index contributed by atoms with van der Waals surface area (Å²) < 4.78 is 22.3. The second-order valence-corrected chi connectivity index (χ2v) is 12.2. The third-order valence-electron chi connectivity index (χ3n) is 4.57. The van der Waals surface area contributed by atoms with E-state index in [0.717, 1.165) is 33.6 Å².